The molecule has 0 spiro atoms. The smallest absolute Gasteiger partial charge is 0.121 e. The normalized spacial score (nSPS) is 10.6. The average Bonchev–Trinajstić information content (AvgIpc) is 2.68. The van der Waals surface area contributed by atoms with E-state index in [4.69, 9.17) is 0 Å². The minimum Gasteiger partial charge on any atom is -0.307 e. The molecular formula is C12H15N3O. The molecule has 0 aliphatic rings. The van der Waals surface area contributed by atoms with Crippen LogP contribution < -0.4 is 5.32 Å². The number of nitrogens with zero attached hydrogens (tertiary/aromatic N) is 2. The van der Waals surface area contributed by atoms with Crippen LogP contribution in [0.3, 0.4) is 0 Å². The number of benzene rings is 1. The van der Waals surface area contributed by atoms with E-state index >= 15 is 0 Å². The molecule has 0 saturated carbocycles. The summed E-state index contributed by atoms with van der Waals surface area (Å²) in [6, 6.07) is 8.46. The van der Waals surface area contributed by atoms with E-state index in [2.05, 4.69) is 51.4 Å². The minimum absolute atomic E-state index is 0.684. The van der Waals surface area contributed by atoms with Crippen LogP contribution in [0.2, 0.25) is 0 Å². The Labute approximate surface area is 94.6 Å². The molecule has 0 unspecified atom stereocenters. The van der Waals surface area contributed by atoms with Gasteiger partial charge in [0.05, 0.1) is 0 Å². The van der Waals surface area contributed by atoms with E-state index < -0.39 is 0 Å². The van der Waals surface area contributed by atoms with Crippen molar-refractivity contribution in [3.63, 3.8) is 0 Å². The second-order valence-electron chi connectivity index (χ2n) is 3.89. The van der Waals surface area contributed by atoms with Gasteiger partial charge in [0.2, 0.25) is 0 Å². The predicted molar refractivity (Wildman–Crippen MR) is 60.8 cm³/mol. The maximum Gasteiger partial charge on any atom is 0.121 e. The van der Waals surface area contributed by atoms with Crippen LogP contribution in [0.1, 0.15) is 22.5 Å². The number of hydrogen-bond donors (Lipinski definition) is 1. The Balaban J connectivity index is 1.84. The molecule has 1 aromatic heterocycles. The van der Waals surface area contributed by atoms with Crippen molar-refractivity contribution >= 4 is 0 Å². The van der Waals surface area contributed by atoms with Gasteiger partial charge in [0.25, 0.3) is 0 Å². The fourth-order valence-electron chi connectivity index (χ4n) is 1.44. The van der Waals surface area contributed by atoms with Gasteiger partial charge in [-0.25, -0.2) is 4.63 Å². The summed E-state index contributed by atoms with van der Waals surface area (Å²) < 4.78 is 4.62. The lowest BCUT2D eigenvalue weighted by atomic mass is 10.1. The molecule has 1 heterocycles. The second-order valence-corrected chi connectivity index (χ2v) is 3.89. The average molecular weight is 217 g/mol. The Kier molecular flexibility index (Phi) is 3.31. The van der Waals surface area contributed by atoms with Gasteiger partial charge >= 0.3 is 0 Å². The molecule has 84 valence electrons. The molecule has 0 bridgehead atoms. The topological polar surface area (TPSA) is 51.0 Å². The number of rotatable bonds is 4. The first-order valence-corrected chi connectivity index (χ1v) is 5.30. The third-order valence-electron chi connectivity index (χ3n) is 2.49. The van der Waals surface area contributed by atoms with Crippen LogP contribution in [0, 0.1) is 13.8 Å². The maximum atomic E-state index is 4.62. The molecule has 1 aromatic carbocycles. The highest BCUT2D eigenvalue weighted by molar-refractivity contribution is 5.21. The summed E-state index contributed by atoms with van der Waals surface area (Å²) in [4.78, 5) is 0. The van der Waals surface area contributed by atoms with Crippen LogP contribution in [-0.2, 0) is 13.1 Å². The van der Waals surface area contributed by atoms with Gasteiger partial charge in [0.1, 0.15) is 11.4 Å². The largest absolute Gasteiger partial charge is 0.307 e. The zero-order valence-electron chi connectivity index (χ0n) is 9.53. The molecule has 0 aliphatic carbocycles. The SMILES string of the molecule is Cc1ccc(CNCc2nonc2C)cc1. The van der Waals surface area contributed by atoms with Crippen LogP contribution >= 0.6 is 0 Å². The lowest BCUT2D eigenvalue weighted by Crippen LogP contribution is -2.13. The van der Waals surface area contributed by atoms with Gasteiger partial charge in [-0.3, -0.25) is 0 Å². The number of aryl methyl sites for hydroxylation is 2. The third-order valence-corrected chi connectivity index (χ3v) is 2.49. The van der Waals surface area contributed by atoms with Crippen LogP contribution in [0.5, 0.6) is 0 Å². The van der Waals surface area contributed by atoms with Gasteiger partial charge in [-0.2, -0.15) is 0 Å². The summed E-state index contributed by atoms with van der Waals surface area (Å²) >= 11 is 0. The van der Waals surface area contributed by atoms with Gasteiger partial charge in [-0.1, -0.05) is 40.1 Å². The van der Waals surface area contributed by atoms with Gasteiger partial charge in [-0.05, 0) is 19.4 Å². The molecule has 0 radical (unpaired) electrons. The molecule has 4 heteroatoms. The van der Waals surface area contributed by atoms with Crippen molar-refractivity contribution in [2.75, 3.05) is 0 Å². The first kappa shape index (κ1) is 10.8. The van der Waals surface area contributed by atoms with Gasteiger partial charge in [-0.15, -0.1) is 0 Å². The van der Waals surface area contributed by atoms with Crippen molar-refractivity contribution in [3.8, 4) is 0 Å². The molecule has 1 N–H and O–H groups in total. The predicted octanol–water partition coefficient (Wildman–Crippen LogP) is 1.98. The standard InChI is InChI=1S/C12H15N3O/c1-9-3-5-11(6-4-9)7-13-8-12-10(2)14-16-15-12/h3-6,13H,7-8H2,1-2H3. The molecule has 4 nitrogen and oxygen atoms in total. The van der Waals surface area contributed by atoms with Crippen molar-refractivity contribution in [1.82, 2.24) is 15.6 Å². The van der Waals surface area contributed by atoms with E-state index in [0.717, 1.165) is 17.9 Å². The number of hydrogen-bond acceptors (Lipinski definition) is 4. The lowest BCUT2D eigenvalue weighted by Gasteiger charge is -2.03. The first-order chi connectivity index (χ1) is 7.75. The molecule has 2 aromatic rings. The van der Waals surface area contributed by atoms with Crippen molar-refractivity contribution < 1.29 is 4.63 Å². The highest BCUT2D eigenvalue weighted by atomic mass is 16.6. The number of nitrogens with one attached hydrogen (secondary N) is 1. The van der Waals surface area contributed by atoms with E-state index in [9.17, 15) is 0 Å². The minimum atomic E-state index is 0.684. The molecule has 0 aliphatic heterocycles. The highest BCUT2D eigenvalue weighted by Crippen LogP contribution is 2.04. The summed E-state index contributed by atoms with van der Waals surface area (Å²) in [6.45, 7) is 5.48. The quantitative estimate of drug-likeness (QED) is 0.850. The summed E-state index contributed by atoms with van der Waals surface area (Å²) in [5.41, 5.74) is 4.25. The van der Waals surface area contributed by atoms with Crippen molar-refractivity contribution in [1.29, 1.82) is 0 Å². The van der Waals surface area contributed by atoms with E-state index in [1.165, 1.54) is 11.1 Å². The van der Waals surface area contributed by atoms with Crippen molar-refractivity contribution in [3.05, 3.63) is 46.8 Å². The third kappa shape index (κ3) is 2.67. The summed E-state index contributed by atoms with van der Waals surface area (Å²) in [6.07, 6.45) is 0. The van der Waals surface area contributed by atoms with Gasteiger partial charge < -0.3 is 5.32 Å². The van der Waals surface area contributed by atoms with E-state index in [-0.39, 0.29) is 0 Å². The number of aromatic nitrogens is 2. The second kappa shape index (κ2) is 4.90. The monoisotopic (exact) mass is 217 g/mol. The summed E-state index contributed by atoms with van der Waals surface area (Å²) in [5.74, 6) is 0. The van der Waals surface area contributed by atoms with Crippen molar-refractivity contribution in [2.45, 2.75) is 26.9 Å². The zero-order valence-corrected chi connectivity index (χ0v) is 9.53. The Morgan fingerprint density at radius 1 is 1.06 bits per heavy atom. The lowest BCUT2D eigenvalue weighted by molar-refractivity contribution is 0.300. The molecule has 16 heavy (non-hydrogen) atoms. The maximum absolute atomic E-state index is 4.62. The van der Waals surface area contributed by atoms with Crippen LogP contribution in [0.4, 0.5) is 0 Å². The fourth-order valence-corrected chi connectivity index (χ4v) is 1.44. The van der Waals surface area contributed by atoms with E-state index in [1.54, 1.807) is 0 Å². The molecular weight excluding hydrogens is 202 g/mol. The van der Waals surface area contributed by atoms with E-state index in [1.807, 2.05) is 6.92 Å². The van der Waals surface area contributed by atoms with E-state index in [0.29, 0.717) is 6.54 Å². The zero-order chi connectivity index (χ0) is 11.4. The molecule has 0 amide bonds. The summed E-state index contributed by atoms with van der Waals surface area (Å²) in [7, 11) is 0. The van der Waals surface area contributed by atoms with Crippen LogP contribution in [-0.4, -0.2) is 10.3 Å². The molecule has 0 atom stereocenters. The fraction of sp³-hybridized carbons (Fsp3) is 0.333. The first-order valence-electron chi connectivity index (χ1n) is 5.30. The Morgan fingerprint density at radius 3 is 2.44 bits per heavy atom. The molecule has 0 saturated heterocycles. The van der Waals surface area contributed by atoms with Crippen LogP contribution in [0.15, 0.2) is 28.9 Å². The van der Waals surface area contributed by atoms with Gasteiger partial charge in [0, 0.05) is 13.1 Å². The van der Waals surface area contributed by atoms with Crippen molar-refractivity contribution in [2.24, 2.45) is 0 Å². The van der Waals surface area contributed by atoms with Crippen LogP contribution in [0.25, 0.3) is 0 Å². The Bertz CT molecular complexity index is 448. The summed E-state index contributed by atoms with van der Waals surface area (Å²) in [5, 5.41) is 10.8. The Hall–Kier alpha value is -1.68. The Morgan fingerprint density at radius 2 is 1.81 bits per heavy atom. The van der Waals surface area contributed by atoms with Gasteiger partial charge in [0.15, 0.2) is 0 Å². The highest BCUT2D eigenvalue weighted by Gasteiger charge is 2.03. The molecule has 0 fully saturated rings. The molecule has 2 rings (SSSR count).